The van der Waals surface area contributed by atoms with Crippen LogP contribution in [-0.2, 0) is 10.3 Å². The van der Waals surface area contributed by atoms with Gasteiger partial charge in [0, 0.05) is 31.6 Å². The van der Waals surface area contributed by atoms with Crippen LogP contribution in [0, 0.1) is 5.82 Å². The monoisotopic (exact) mass is 211 g/mol. The zero-order chi connectivity index (χ0) is 10.9. The Morgan fingerprint density at radius 1 is 1.33 bits per heavy atom. The molecule has 0 saturated carbocycles. The summed E-state index contributed by atoms with van der Waals surface area (Å²) in [4.78, 5) is 0. The molecule has 1 heterocycles. The first-order valence-electron chi connectivity index (χ1n) is 4.98. The van der Waals surface area contributed by atoms with Crippen LogP contribution in [0.5, 0.6) is 0 Å². The van der Waals surface area contributed by atoms with Crippen LogP contribution in [-0.4, -0.2) is 18.3 Å². The number of rotatable bonds is 1. The van der Waals surface area contributed by atoms with Gasteiger partial charge in [0.25, 0.3) is 0 Å². The van der Waals surface area contributed by atoms with Crippen LogP contribution in [0.2, 0.25) is 0 Å². The Bertz CT molecular complexity index is 362. The number of ether oxygens (including phenoxy) is 1. The molecular weight excluding hydrogens is 197 g/mol. The van der Waals surface area contributed by atoms with Crippen molar-refractivity contribution in [1.82, 2.24) is 0 Å². The number of anilines is 1. The van der Waals surface area contributed by atoms with Gasteiger partial charge in [0.05, 0.1) is 11.3 Å². The third kappa shape index (κ3) is 1.82. The minimum atomic E-state index is -1.04. The van der Waals surface area contributed by atoms with Crippen molar-refractivity contribution in [2.24, 2.45) is 0 Å². The molecule has 1 fully saturated rings. The Morgan fingerprint density at radius 3 is 2.67 bits per heavy atom. The Hall–Kier alpha value is -1.13. The van der Waals surface area contributed by atoms with E-state index in [2.05, 4.69) is 0 Å². The van der Waals surface area contributed by atoms with Gasteiger partial charge < -0.3 is 15.6 Å². The highest BCUT2D eigenvalue weighted by molar-refractivity contribution is 5.51. The minimum Gasteiger partial charge on any atom is -0.396 e. The molecule has 0 aromatic heterocycles. The fourth-order valence-corrected chi connectivity index (χ4v) is 1.92. The maximum Gasteiger partial charge on any atom is 0.146 e. The van der Waals surface area contributed by atoms with Gasteiger partial charge in [0.15, 0.2) is 0 Å². The van der Waals surface area contributed by atoms with Gasteiger partial charge in [-0.15, -0.1) is 0 Å². The van der Waals surface area contributed by atoms with E-state index in [1.165, 1.54) is 6.07 Å². The summed E-state index contributed by atoms with van der Waals surface area (Å²) in [6.07, 6.45) is 0.918. The van der Waals surface area contributed by atoms with Gasteiger partial charge in [-0.2, -0.15) is 0 Å². The van der Waals surface area contributed by atoms with Crippen LogP contribution in [0.25, 0.3) is 0 Å². The summed E-state index contributed by atoms with van der Waals surface area (Å²) in [5.41, 5.74) is 5.11. The Balaban J connectivity index is 2.39. The fraction of sp³-hybridized carbons (Fsp3) is 0.455. The fourth-order valence-electron chi connectivity index (χ4n) is 1.92. The van der Waals surface area contributed by atoms with Gasteiger partial charge in [-0.3, -0.25) is 0 Å². The maximum atomic E-state index is 13.2. The highest BCUT2D eigenvalue weighted by Gasteiger charge is 2.33. The van der Waals surface area contributed by atoms with Crippen LogP contribution in [0.1, 0.15) is 18.4 Å². The topological polar surface area (TPSA) is 55.5 Å². The summed E-state index contributed by atoms with van der Waals surface area (Å²) >= 11 is 0. The third-order valence-electron chi connectivity index (χ3n) is 2.87. The molecule has 0 aliphatic carbocycles. The number of hydrogen-bond donors (Lipinski definition) is 2. The van der Waals surface area contributed by atoms with E-state index in [0.717, 1.165) is 0 Å². The molecule has 1 saturated heterocycles. The summed E-state index contributed by atoms with van der Waals surface area (Å²) in [6.45, 7) is 0.957. The molecule has 82 valence electrons. The highest BCUT2D eigenvalue weighted by Crippen LogP contribution is 2.35. The minimum absolute atomic E-state index is 0.0434. The average molecular weight is 211 g/mol. The molecule has 3 nitrogen and oxygen atoms in total. The van der Waals surface area contributed by atoms with Gasteiger partial charge in [-0.25, -0.2) is 4.39 Å². The van der Waals surface area contributed by atoms with E-state index in [1.54, 1.807) is 12.1 Å². The van der Waals surface area contributed by atoms with Crippen molar-refractivity contribution < 1.29 is 14.2 Å². The van der Waals surface area contributed by atoms with Crippen LogP contribution < -0.4 is 5.73 Å². The number of benzene rings is 1. The van der Waals surface area contributed by atoms with Gasteiger partial charge in [0.2, 0.25) is 0 Å². The number of para-hydroxylation sites is 1. The Labute approximate surface area is 87.7 Å². The van der Waals surface area contributed by atoms with E-state index < -0.39 is 11.4 Å². The average Bonchev–Trinajstić information content (AvgIpc) is 2.23. The smallest absolute Gasteiger partial charge is 0.146 e. The largest absolute Gasteiger partial charge is 0.396 e. The zero-order valence-electron chi connectivity index (χ0n) is 8.37. The molecule has 0 atom stereocenters. The first kappa shape index (κ1) is 10.4. The van der Waals surface area contributed by atoms with E-state index in [1.807, 2.05) is 0 Å². The summed E-state index contributed by atoms with van der Waals surface area (Å²) in [5, 5.41) is 10.3. The number of nitrogen functional groups attached to an aromatic ring is 1. The normalized spacial score (nSPS) is 20.1. The lowest BCUT2D eigenvalue weighted by atomic mass is 9.85. The molecular formula is C11H14FNO2. The molecule has 3 N–H and O–H groups in total. The maximum absolute atomic E-state index is 13.2. The molecule has 2 rings (SSSR count). The molecule has 1 aliphatic rings. The number of nitrogens with two attached hydrogens (primary N) is 1. The van der Waals surface area contributed by atoms with E-state index in [-0.39, 0.29) is 5.69 Å². The van der Waals surface area contributed by atoms with Crippen molar-refractivity contribution in [1.29, 1.82) is 0 Å². The molecule has 0 unspecified atom stereocenters. The standard InChI is InChI=1S/C11H14FNO2/c12-9-3-1-2-8(10(9)13)11(14)4-6-15-7-5-11/h1-3,14H,4-7,13H2. The molecule has 0 spiro atoms. The number of hydrogen-bond acceptors (Lipinski definition) is 3. The van der Waals surface area contributed by atoms with E-state index in [4.69, 9.17) is 10.5 Å². The summed E-state index contributed by atoms with van der Waals surface area (Å²) in [5.74, 6) is -0.479. The van der Waals surface area contributed by atoms with Gasteiger partial charge in [0.1, 0.15) is 5.82 Å². The second kappa shape index (κ2) is 3.79. The van der Waals surface area contributed by atoms with Crippen LogP contribution in [0.4, 0.5) is 10.1 Å². The summed E-state index contributed by atoms with van der Waals surface area (Å²) in [7, 11) is 0. The predicted molar refractivity (Wildman–Crippen MR) is 54.8 cm³/mol. The van der Waals surface area contributed by atoms with Crippen molar-refractivity contribution in [2.45, 2.75) is 18.4 Å². The zero-order valence-corrected chi connectivity index (χ0v) is 8.37. The second-order valence-electron chi connectivity index (χ2n) is 3.85. The van der Waals surface area contributed by atoms with Crippen molar-refractivity contribution in [3.05, 3.63) is 29.6 Å². The Kier molecular flexibility index (Phi) is 2.63. The van der Waals surface area contributed by atoms with E-state index >= 15 is 0 Å². The van der Waals surface area contributed by atoms with Gasteiger partial charge >= 0.3 is 0 Å². The van der Waals surface area contributed by atoms with Crippen LogP contribution in [0.3, 0.4) is 0 Å². The third-order valence-corrected chi connectivity index (χ3v) is 2.87. The first-order valence-corrected chi connectivity index (χ1v) is 4.98. The van der Waals surface area contributed by atoms with Crippen LogP contribution >= 0.6 is 0 Å². The predicted octanol–water partition coefficient (Wildman–Crippen LogP) is 1.41. The molecule has 1 aromatic carbocycles. The van der Waals surface area contributed by atoms with Gasteiger partial charge in [-0.05, 0) is 6.07 Å². The lowest BCUT2D eigenvalue weighted by Crippen LogP contribution is -2.34. The lowest BCUT2D eigenvalue weighted by Gasteiger charge is -2.33. The molecule has 1 aliphatic heterocycles. The van der Waals surface area contributed by atoms with Crippen molar-refractivity contribution >= 4 is 5.69 Å². The second-order valence-corrected chi connectivity index (χ2v) is 3.85. The lowest BCUT2D eigenvalue weighted by molar-refractivity contribution is -0.0675. The van der Waals surface area contributed by atoms with Gasteiger partial charge in [-0.1, -0.05) is 12.1 Å². The molecule has 4 heteroatoms. The molecule has 0 radical (unpaired) electrons. The SMILES string of the molecule is Nc1c(F)cccc1C1(O)CCOCC1. The highest BCUT2D eigenvalue weighted by atomic mass is 19.1. The number of aliphatic hydroxyl groups is 1. The van der Waals surface area contributed by atoms with E-state index in [9.17, 15) is 9.50 Å². The molecule has 1 aromatic rings. The molecule has 0 amide bonds. The molecule has 0 bridgehead atoms. The first-order chi connectivity index (χ1) is 7.13. The quantitative estimate of drug-likeness (QED) is 0.690. The van der Waals surface area contributed by atoms with Crippen LogP contribution in [0.15, 0.2) is 18.2 Å². The molecule has 15 heavy (non-hydrogen) atoms. The van der Waals surface area contributed by atoms with Crippen molar-refractivity contribution in [3.8, 4) is 0 Å². The Morgan fingerprint density at radius 2 is 2.00 bits per heavy atom. The van der Waals surface area contributed by atoms with Crippen molar-refractivity contribution in [2.75, 3.05) is 18.9 Å². The summed E-state index contributed by atoms with van der Waals surface area (Å²) in [6, 6.07) is 4.53. The van der Waals surface area contributed by atoms with E-state index in [0.29, 0.717) is 31.6 Å². The van der Waals surface area contributed by atoms with Crippen molar-refractivity contribution in [3.63, 3.8) is 0 Å². The summed E-state index contributed by atoms with van der Waals surface area (Å²) < 4.78 is 18.4. The number of halogens is 1.